The van der Waals surface area contributed by atoms with Crippen molar-refractivity contribution in [2.45, 2.75) is 26.2 Å². The molecule has 1 aromatic carbocycles. The number of carbonyl (C=O) groups excluding carboxylic acids is 1. The highest BCUT2D eigenvalue weighted by molar-refractivity contribution is 6.31. The molecular formula is C15H19ClN2O3. The van der Waals surface area contributed by atoms with Gasteiger partial charge in [-0.1, -0.05) is 31.4 Å². The van der Waals surface area contributed by atoms with Crippen molar-refractivity contribution in [3.05, 3.63) is 28.8 Å². The summed E-state index contributed by atoms with van der Waals surface area (Å²) in [6, 6.07) is 3.88. The smallest absolute Gasteiger partial charge is 0.337 e. The highest BCUT2D eigenvalue weighted by Crippen LogP contribution is 2.30. The Morgan fingerprint density at radius 2 is 2.14 bits per heavy atom. The number of hydrogen-bond acceptors (Lipinski definition) is 2. The molecule has 2 atom stereocenters. The SMILES string of the molecule is CC1CCCC1CNC(=O)Nc1cc(Cl)ccc1C(=O)O. The van der Waals surface area contributed by atoms with Gasteiger partial charge in [-0.3, -0.25) is 0 Å². The van der Waals surface area contributed by atoms with Crippen LogP contribution < -0.4 is 10.6 Å². The summed E-state index contributed by atoms with van der Waals surface area (Å²) < 4.78 is 0. The molecule has 1 aliphatic carbocycles. The van der Waals surface area contributed by atoms with Crippen LogP contribution in [0.15, 0.2) is 18.2 Å². The van der Waals surface area contributed by atoms with Crippen LogP contribution in [0.3, 0.4) is 0 Å². The van der Waals surface area contributed by atoms with E-state index in [4.69, 9.17) is 16.7 Å². The summed E-state index contributed by atoms with van der Waals surface area (Å²) in [6.45, 7) is 2.80. The summed E-state index contributed by atoms with van der Waals surface area (Å²) >= 11 is 5.84. The number of carbonyl (C=O) groups is 2. The quantitative estimate of drug-likeness (QED) is 0.795. The minimum atomic E-state index is -1.11. The monoisotopic (exact) mass is 310 g/mol. The summed E-state index contributed by atoms with van der Waals surface area (Å²) in [5.74, 6) is 0.00601. The van der Waals surface area contributed by atoms with Gasteiger partial charge in [0.2, 0.25) is 0 Å². The zero-order valence-electron chi connectivity index (χ0n) is 11.9. The fourth-order valence-electron chi connectivity index (χ4n) is 2.72. The first kappa shape index (κ1) is 15.6. The van der Waals surface area contributed by atoms with E-state index in [1.165, 1.54) is 31.0 Å². The molecule has 0 bridgehead atoms. The minimum absolute atomic E-state index is 0.0174. The van der Waals surface area contributed by atoms with E-state index in [0.29, 0.717) is 23.4 Å². The van der Waals surface area contributed by atoms with Gasteiger partial charge in [0.25, 0.3) is 0 Å². The first-order valence-corrected chi connectivity index (χ1v) is 7.43. The van der Waals surface area contributed by atoms with Crippen LogP contribution in [0.5, 0.6) is 0 Å². The maximum atomic E-state index is 11.9. The zero-order chi connectivity index (χ0) is 15.4. The molecular weight excluding hydrogens is 292 g/mol. The van der Waals surface area contributed by atoms with Crippen molar-refractivity contribution in [2.75, 3.05) is 11.9 Å². The van der Waals surface area contributed by atoms with Crippen molar-refractivity contribution < 1.29 is 14.7 Å². The van der Waals surface area contributed by atoms with Crippen molar-refractivity contribution in [3.63, 3.8) is 0 Å². The first-order valence-electron chi connectivity index (χ1n) is 7.05. The predicted molar refractivity (Wildman–Crippen MR) is 81.9 cm³/mol. The molecule has 0 heterocycles. The fourth-order valence-corrected chi connectivity index (χ4v) is 2.89. The van der Waals surface area contributed by atoms with Crippen LogP contribution in [-0.2, 0) is 0 Å². The number of rotatable bonds is 4. The van der Waals surface area contributed by atoms with E-state index >= 15 is 0 Å². The molecule has 0 radical (unpaired) electrons. The number of carboxylic acids is 1. The van der Waals surface area contributed by atoms with Crippen molar-refractivity contribution in [3.8, 4) is 0 Å². The molecule has 1 aromatic rings. The van der Waals surface area contributed by atoms with Crippen LogP contribution in [0.2, 0.25) is 5.02 Å². The highest BCUT2D eigenvalue weighted by Gasteiger charge is 2.23. The summed E-state index contributed by atoms with van der Waals surface area (Å²) in [5, 5.41) is 14.8. The van der Waals surface area contributed by atoms with Gasteiger partial charge in [-0.25, -0.2) is 9.59 Å². The minimum Gasteiger partial charge on any atom is -0.478 e. The molecule has 1 saturated carbocycles. The van der Waals surface area contributed by atoms with Crippen molar-refractivity contribution in [1.29, 1.82) is 0 Å². The number of hydrogen-bond donors (Lipinski definition) is 3. The average molecular weight is 311 g/mol. The van der Waals surface area contributed by atoms with Gasteiger partial charge >= 0.3 is 12.0 Å². The number of amides is 2. The van der Waals surface area contributed by atoms with Crippen LogP contribution in [0.4, 0.5) is 10.5 Å². The summed E-state index contributed by atoms with van der Waals surface area (Å²) in [4.78, 5) is 23.0. The molecule has 1 fully saturated rings. The molecule has 0 spiro atoms. The van der Waals surface area contributed by atoms with E-state index in [9.17, 15) is 9.59 Å². The Morgan fingerprint density at radius 3 is 2.76 bits per heavy atom. The lowest BCUT2D eigenvalue weighted by Gasteiger charge is -2.16. The third-order valence-corrected chi connectivity index (χ3v) is 4.26. The van der Waals surface area contributed by atoms with Crippen molar-refractivity contribution in [2.24, 2.45) is 11.8 Å². The van der Waals surface area contributed by atoms with Crippen LogP contribution >= 0.6 is 11.6 Å². The number of urea groups is 1. The zero-order valence-corrected chi connectivity index (χ0v) is 12.6. The summed E-state index contributed by atoms with van der Waals surface area (Å²) in [6.07, 6.45) is 3.52. The van der Waals surface area contributed by atoms with Crippen LogP contribution in [-0.4, -0.2) is 23.7 Å². The molecule has 3 N–H and O–H groups in total. The predicted octanol–water partition coefficient (Wildman–Crippen LogP) is 3.60. The Hall–Kier alpha value is -1.75. The van der Waals surface area contributed by atoms with Gasteiger partial charge in [-0.2, -0.15) is 0 Å². The van der Waals surface area contributed by atoms with E-state index in [1.54, 1.807) is 0 Å². The Bertz CT molecular complexity index is 548. The number of benzene rings is 1. The molecule has 6 heteroatoms. The van der Waals surface area contributed by atoms with E-state index in [0.717, 1.165) is 6.42 Å². The molecule has 2 rings (SSSR count). The maximum absolute atomic E-state index is 11.9. The highest BCUT2D eigenvalue weighted by atomic mass is 35.5. The van der Waals surface area contributed by atoms with Crippen molar-refractivity contribution in [1.82, 2.24) is 5.32 Å². The van der Waals surface area contributed by atoms with Gasteiger partial charge in [0.05, 0.1) is 11.3 Å². The van der Waals surface area contributed by atoms with Gasteiger partial charge in [-0.05, 0) is 36.5 Å². The van der Waals surface area contributed by atoms with Crippen molar-refractivity contribution >= 4 is 29.3 Å². The molecule has 2 unspecified atom stereocenters. The average Bonchev–Trinajstić information content (AvgIpc) is 2.81. The summed E-state index contributed by atoms with van der Waals surface area (Å²) in [7, 11) is 0. The lowest BCUT2D eigenvalue weighted by Crippen LogP contribution is -2.34. The van der Waals surface area contributed by atoms with Gasteiger partial charge in [0, 0.05) is 11.6 Å². The van der Waals surface area contributed by atoms with Crippen LogP contribution in [0.1, 0.15) is 36.5 Å². The molecule has 2 amide bonds. The lowest BCUT2D eigenvalue weighted by molar-refractivity contribution is 0.0698. The number of nitrogens with one attached hydrogen (secondary N) is 2. The van der Waals surface area contributed by atoms with Gasteiger partial charge in [-0.15, -0.1) is 0 Å². The molecule has 5 nitrogen and oxygen atoms in total. The molecule has 1 aliphatic rings. The van der Waals surface area contributed by atoms with E-state index in [1.807, 2.05) is 0 Å². The normalized spacial score (nSPS) is 21.0. The van der Waals surface area contributed by atoms with E-state index in [-0.39, 0.29) is 11.3 Å². The Labute approximate surface area is 128 Å². The molecule has 0 aromatic heterocycles. The fraction of sp³-hybridized carbons (Fsp3) is 0.467. The van der Waals surface area contributed by atoms with Gasteiger partial charge in [0.15, 0.2) is 0 Å². The molecule has 0 aliphatic heterocycles. The second-order valence-corrected chi connectivity index (χ2v) is 5.93. The van der Waals surface area contributed by atoms with Crippen LogP contribution in [0, 0.1) is 11.8 Å². The number of anilines is 1. The van der Waals surface area contributed by atoms with Crippen LogP contribution in [0.25, 0.3) is 0 Å². The van der Waals surface area contributed by atoms with E-state index < -0.39 is 12.0 Å². The van der Waals surface area contributed by atoms with E-state index in [2.05, 4.69) is 17.6 Å². The third-order valence-electron chi connectivity index (χ3n) is 4.02. The second-order valence-electron chi connectivity index (χ2n) is 5.50. The Morgan fingerprint density at radius 1 is 1.38 bits per heavy atom. The lowest BCUT2D eigenvalue weighted by atomic mass is 9.98. The number of halogens is 1. The number of aromatic carboxylic acids is 1. The number of carboxylic acid groups (broad SMARTS) is 1. The third kappa shape index (κ3) is 4.11. The largest absolute Gasteiger partial charge is 0.478 e. The molecule has 0 saturated heterocycles. The Balaban J connectivity index is 1.96. The first-order chi connectivity index (χ1) is 9.97. The maximum Gasteiger partial charge on any atom is 0.337 e. The Kier molecular flexibility index (Phi) is 5.07. The molecule has 21 heavy (non-hydrogen) atoms. The van der Waals surface area contributed by atoms with Gasteiger partial charge in [0.1, 0.15) is 0 Å². The second kappa shape index (κ2) is 6.80. The van der Waals surface area contributed by atoms with Gasteiger partial charge < -0.3 is 15.7 Å². The summed E-state index contributed by atoms with van der Waals surface area (Å²) in [5.41, 5.74) is 0.218. The topological polar surface area (TPSA) is 78.4 Å². The molecule has 114 valence electrons. The standard InChI is InChI=1S/C15H19ClN2O3/c1-9-3-2-4-10(9)8-17-15(21)18-13-7-11(16)5-6-12(13)14(19)20/h5-7,9-10H,2-4,8H2,1H3,(H,19,20)(H2,17,18,21).